The minimum absolute atomic E-state index is 0.0544. The van der Waals surface area contributed by atoms with E-state index in [4.69, 9.17) is 9.84 Å². The van der Waals surface area contributed by atoms with E-state index in [9.17, 15) is 19.2 Å². The molecule has 4 aromatic rings. The van der Waals surface area contributed by atoms with Crippen LogP contribution in [0.2, 0.25) is 0 Å². The minimum atomic E-state index is -1.08. The van der Waals surface area contributed by atoms with Gasteiger partial charge in [-0.2, -0.15) is 0 Å². The van der Waals surface area contributed by atoms with Crippen molar-refractivity contribution < 1.29 is 29.0 Å². The van der Waals surface area contributed by atoms with Crippen molar-refractivity contribution in [3.63, 3.8) is 0 Å². The number of thioether (sulfide) groups is 1. The summed E-state index contributed by atoms with van der Waals surface area (Å²) in [4.78, 5) is 50.9. The maximum absolute atomic E-state index is 13.3. The van der Waals surface area contributed by atoms with Gasteiger partial charge in [-0.1, -0.05) is 36.4 Å². The molecule has 4 aromatic carbocycles. The molecule has 0 bridgehead atoms. The maximum atomic E-state index is 13.3. The van der Waals surface area contributed by atoms with Crippen molar-refractivity contribution in [1.82, 2.24) is 5.32 Å². The van der Waals surface area contributed by atoms with Gasteiger partial charge in [0.15, 0.2) is 0 Å². The Bertz CT molecular complexity index is 1650. The molecular formula is C34H31N3O6S. The topological polar surface area (TPSA) is 134 Å². The molecule has 9 nitrogen and oxygen atoms in total. The molecule has 0 aliphatic heterocycles. The third kappa shape index (κ3) is 9.07. The Morgan fingerprint density at radius 2 is 1.50 bits per heavy atom. The van der Waals surface area contributed by atoms with E-state index in [1.54, 1.807) is 104 Å². The van der Waals surface area contributed by atoms with E-state index in [1.807, 2.05) is 6.92 Å². The van der Waals surface area contributed by atoms with Crippen LogP contribution in [0.5, 0.6) is 5.75 Å². The van der Waals surface area contributed by atoms with Crippen LogP contribution in [0, 0.1) is 0 Å². The molecule has 4 N–H and O–H groups in total. The van der Waals surface area contributed by atoms with E-state index in [2.05, 4.69) is 16.0 Å². The first-order valence-electron chi connectivity index (χ1n) is 13.7. The molecule has 0 spiro atoms. The highest BCUT2D eigenvalue weighted by Gasteiger charge is 2.17. The minimum Gasteiger partial charge on any atom is -0.494 e. The van der Waals surface area contributed by atoms with Crippen LogP contribution in [0.1, 0.15) is 40.1 Å². The molecule has 3 amide bonds. The van der Waals surface area contributed by atoms with Crippen molar-refractivity contribution in [2.45, 2.75) is 24.0 Å². The number of carboxylic acids is 1. The second-order valence-electron chi connectivity index (χ2n) is 9.49. The van der Waals surface area contributed by atoms with Gasteiger partial charge in [0.1, 0.15) is 11.4 Å². The van der Waals surface area contributed by atoms with Gasteiger partial charge in [0.2, 0.25) is 5.91 Å². The normalized spacial score (nSPS) is 11.6. The van der Waals surface area contributed by atoms with E-state index in [-0.39, 0.29) is 17.2 Å². The van der Waals surface area contributed by atoms with Gasteiger partial charge in [-0.05, 0) is 92.2 Å². The third-order valence-corrected chi connectivity index (χ3v) is 7.31. The Hall–Kier alpha value is -5.35. The summed E-state index contributed by atoms with van der Waals surface area (Å²) >= 11 is 1.31. The van der Waals surface area contributed by atoms with Crippen LogP contribution < -0.4 is 20.7 Å². The van der Waals surface area contributed by atoms with Crippen molar-refractivity contribution >= 4 is 52.9 Å². The molecule has 0 aromatic heterocycles. The molecule has 10 heteroatoms. The zero-order valence-corrected chi connectivity index (χ0v) is 24.9. The molecule has 0 aliphatic rings. The van der Waals surface area contributed by atoms with Gasteiger partial charge in [0, 0.05) is 21.8 Å². The second-order valence-corrected chi connectivity index (χ2v) is 10.9. The smallest absolute Gasteiger partial charge is 0.335 e. The Morgan fingerprint density at radius 1 is 0.818 bits per heavy atom. The van der Waals surface area contributed by atoms with Crippen LogP contribution in [0.15, 0.2) is 114 Å². The van der Waals surface area contributed by atoms with Gasteiger partial charge in [0.25, 0.3) is 11.8 Å². The molecular weight excluding hydrogens is 578 g/mol. The lowest BCUT2D eigenvalue weighted by molar-refractivity contribution is -0.115. The lowest BCUT2D eigenvalue weighted by Gasteiger charge is -2.14. The number of amides is 3. The quantitative estimate of drug-likeness (QED) is 0.109. The number of rotatable bonds is 12. The number of carbonyl (C=O) groups is 4. The van der Waals surface area contributed by atoms with Crippen molar-refractivity contribution in [2.24, 2.45) is 0 Å². The van der Waals surface area contributed by atoms with Crippen LogP contribution in [-0.4, -0.2) is 40.7 Å². The van der Waals surface area contributed by atoms with E-state index in [0.717, 1.165) is 4.90 Å². The van der Waals surface area contributed by atoms with Gasteiger partial charge in [-0.15, -0.1) is 11.8 Å². The summed E-state index contributed by atoms with van der Waals surface area (Å²) in [6.45, 7) is 4.16. The van der Waals surface area contributed by atoms with Gasteiger partial charge in [0.05, 0.1) is 17.4 Å². The average molecular weight is 610 g/mol. The molecule has 1 atom stereocenters. The maximum Gasteiger partial charge on any atom is 0.335 e. The predicted molar refractivity (Wildman–Crippen MR) is 172 cm³/mol. The molecule has 4 rings (SSSR count). The summed E-state index contributed by atoms with van der Waals surface area (Å²) < 4.78 is 5.49. The SMILES string of the molecule is CCOc1ccc(/C=C(\NC(=O)c2ccccc2)C(=O)Nc2ccc(SC(C)C(=O)Nc3cccc(C(=O)O)c3)cc2)cc1. The summed E-state index contributed by atoms with van der Waals surface area (Å²) in [5.74, 6) is -1.60. The molecule has 0 saturated heterocycles. The van der Waals surface area contributed by atoms with E-state index in [1.165, 1.54) is 23.9 Å². The fourth-order valence-corrected chi connectivity index (χ4v) is 4.85. The summed E-state index contributed by atoms with van der Waals surface area (Å²) in [5, 5.41) is 17.0. The number of hydrogen-bond acceptors (Lipinski definition) is 6. The molecule has 0 heterocycles. The largest absolute Gasteiger partial charge is 0.494 e. The first kappa shape index (κ1) is 31.6. The molecule has 1 unspecified atom stereocenters. The van der Waals surface area contributed by atoms with Crippen molar-refractivity contribution in [2.75, 3.05) is 17.2 Å². The number of carboxylic acid groups (broad SMARTS) is 1. The van der Waals surface area contributed by atoms with Crippen molar-refractivity contribution in [1.29, 1.82) is 0 Å². The predicted octanol–water partition coefficient (Wildman–Crippen LogP) is 6.31. The molecule has 224 valence electrons. The summed E-state index contributed by atoms with van der Waals surface area (Å²) in [6.07, 6.45) is 1.59. The van der Waals surface area contributed by atoms with E-state index < -0.39 is 23.0 Å². The Balaban J connectivity index is 1.43. The Kier molecular flexibility index (Phi) is 10.9. The Morgan fingerprint density at radius 3 is 2.16 bits per heavy atom. The van der Waals surface area contributed by atoms with Gasteiger partial charge in [-0.25, -0.2) is 4.79 Å². The zero-order chi connectivity index (χ0) is 31.5. The molecule has 0 fully saturated rings. The number of ether oxygens (including phenoxy) is 1. The van der Waals surface area contributed by atoms with E-state index in [0.29, 0.717) is 34.9 Å². The van der Waals surface area contributed by atoms with Crippen LogP contribution in [0.25, 0.3) is 6.08 Å². The number of benzene rings is 4. The highest BCUT2D eigenvalue weighted by Crippen LogP contribution is 2.26. The first-order chi connectivity index (χ1) is 21.2. The molecule has 44 heavy (non-hydrogen) atoms. The standard InChI is InChI=1S/C34H31N3O6S/c1-3-43-28-16-12-23(13-17-28)20-30(37-32(39)24-8-5-4-6-9-24)33(40)35-26-14-18-29(19-15-26)44-22(2)31(38)36-27-11-7-10-25(21-27)34(41)42/h4-22H,3H2,1-2H3,(H,35,40)(H,36,38)(H,37,39)(H,41,42)/b30-20-. The fraction of sp³-hybridized carbons (Fsp3) is 0.118. The number of hydrogen-bond donors (Lipinski definition) is 4. The van der Waals surface area contributed by atoms with Gasteiger partial charge < -0.3 is 25.8 Å². The van der Waals surface area contributed by atoms with Crippen LogP contribution in [-0.2, 0) is 9.59 Å². The zero-order valence-electron chi connectivity index (χ0n) is 24.1. The number of nitrogens with one attached hydrogen (secondary N) is 3. The number of carbonyl (C=O) groups excluding carboxylic acids is 3. The lowest BCUT2D eigenvalue weighted by Crippen LogP contribution is -2.30. The summed E-state index contributed by atoms with van der Waals surface area (Å²) in [6, 6.07) is 28.7. The van der Waals surface area contributed by atoms with Crippen LogP contribution in [0.4, 0.5) is 11.4 Å². The molecule has 0 saturated carbocycles. The van der Waals surface area contributed by atoms with Crippen LogP contribution >= 0.6 is 11.8 Å². The highest BCUT2D eigenvalue weighted by molar-refractivity contribution is 8.00. The highest BCUT2D eigenvalue weighted by atomic mass is 32.2. The van der Waals surface area contributed by atoms with Crippen LogP contribution in [0.3, 0.4) is 0 Å². The van der Waals surface area contributed by atoms with Crippen molar-refractivity contribution in [3.05, 3.63) is 126 Å². The Labute approximate surface area is 259 Å². The number of anilines is 2. The van der Waals surface area contributed by atoms with Crippen molar-refractivity contribution in [3.8, 4) is 5.75 Å². The second kappa shape index (κ2) is 15.2. The summed E-state index contributed by atoms with van der Waals surface area (Å²) in [5.41, 5.74) is 2.13. The first-order valence-corrected chi connectivity index (χ1v) is 14.6. The lowest BCUT2D eigenvalue weighted by atomic mass is 10.1. The van der Waals surface area contributed by atoms with Gasteiger partial charge >= 0.3 is 5.97 Å². The monoisotopic (exact) mass is 609 g/mol. The van der Waals surface area contributed by atoms with Gasteiger partial charge in [-0.3, -0.25) is 14.4 Å². The fourth-order valence-electron chi connectivity index (χ4n) is 3.98. The van der Waals surface area contributed by atoms with E-state index >= 15 is 0 Å². The summed E-state index contributed by atoms with van der Waals surface area (Å²) in [7, 11) is 0. The molecule has 0 radical (unpaired) electrons. The average Bonchev–Trinajstić information content (AvgIpc) is 3.03. The third-order valence-electron chi connectivity index (χ3n) is 6.20. The number of aromatic carboxylic acids is 1. The molecule has 0 aliphatic carbocycles.